The Morgan fingerprint density at radius 1 is 0.296 bits per heavy atom. The minimum atomic E-state index is -0.803. The molecule has 0 saturated heterocycles. The standard InChI is InChI=1S/C65H104O6/c1-4-7-10-13-16-19-22-24-26-27-28-29-30-31-32-33-34-35-36-37-39-40-43-46-49-52-55-58-64(67)70-61-62(60-69-63(66)57-54-51-48-45-42-21-18-15-12-9-6-3)71-65(68)59-56-53-50-47-44-41-38-25-23-20-17-14-11-8-5-2/h7-8,10-11,15-20,24-26,28-29,31-32,34-35,37-39,62H,4-6,9,12-14,21-23,27,30,33,36,40-61H2,1-3H3/b10-7-,11-8-,18-15-,19-16-,20-17-,26-24-,29-28-,32-31-,35-34-,38-25-,39-37-. The van der Waals surface area contributed by atoms with Gasteiger partial charge in [0, 0.05) is 19.3 Å². The lowest BCUT2D eigenvalue weighted by atomic mass is 10.1. The minimum Gasteiger partial charge on any atom is -0.462 e. The molecule has 0 bridgehead atoms. The van der Waals surface area contributed by atoms with Gasteiger partial charge in [-0.25, -0.2) is 0 Å². The number of hydrogen-bond acceptors (Lipinski definition) is 6. The number of carbonyl (C=O) groups is 3. The molecule has 0 heterocycles. The highest BCUT2D eigenvalue weighted by Gasteiger charge is 2.19. The smallest absolute Gasteiger partial charge is 0.306 e. The van der Waals surface area contributed by atoms with E-state index in [1.807, 2.05) is 0 Å². The van der Waals surface area contributed by atoms with Crippen LogP contribution in [0, 0.1) is 0 Å². The van der Waals surface area contributed by atoms with E-state index in [4.69, 9.17) is 14.2 Å². The Bertz CT molecular complexity index is 1550. The summed E-state index contributed by atoms with van der Waals surface area (Å²) in [5.41, 5.74) is 0. The highest BCUT2D eigenvalue weighted by molar-refractivity contribution is 5.71. The van der Waals surface area contributed by atoms with E-state index < -0.39 is 6.10 Å². The van der Waals surface area contributed by atoms with Crippen LogP contribution in [0.5, 0.6) is 0 Å². The highest BCUT2D eigenvalue weighted by Crippen LogP contribution is 2.13. The molecule has 71 heavy (non-hydrogen) atoms. The molecule has 0 aliphatic heterocycles. The lowest BCUT2D eigenvalue weighted by Crippen LogP contribution is -2.30. The van der Waals surface area contributed by atoms with Crippen molar-refractivity contribution in [3.8, 4) is 0 Å². The van der Waals surface area contributed by atoms with Crippen LogP contribution >= 0.6 is 0 Å². The van der Waals surface area contributed by atoms with E-state index in [1.165, 1.54) is 25.7 Å². The van der Waals surface area contributed by atoms with Crippen LogP contribution in [-0.2, 0) is 28.6 Å². The van der Waals surface area contributed by atoms with Crippen molar-refractivity contribution >= 4 is 17.9 Å². The summed E-state index contributed by atoms with van der Waals surface area (Å²) in [5, 5.41) is 0. The van der Waals surface area contributed by atoms with E-state index in [1.54, 1.807) is 0 Å². The Morgan fingerprint density at radius 3 is 0.873 bits per heavy atom. The van der Waals surface area contributed by atoms with Gasteiger partial charge in [0.05, 0.1) is 0 Å². The average Bonchev–Trinajstić information content (AvgIpc) is 3.37. The summed E-state index contributed by atoms with van der Waals surface area (Å²) in [4.78, 5) is 38.1. The Balaban J connectivity index is 4.38. The van der Waals surface area contributed by atoms with E-state index in [0.717, 1.165) is 173 Å². The number of carbonyl (C=O) groups excluding carboxylic acids is 3. The molecule has 0 amide bonds. The van der Waals surface area contributed by atoms with Crippen LogP contribution in [0.15, 0.2) is 134 Å². The summed E-state index contributed by atoms with van der Waals surface area (Å²) in [6, 6.07) is 0. The minimum absolute atomic E-state index is 0.0999. The molecule has 0 radical (unpaired) electrons. The van der Waals surface area contributed by atoms with E-state index in [9.17, 15) is 14.4 Å². The zero-order valence-corrected chi connectivity index (χ0v) is 45.7. The fraction of sp³-hybridized carbons (Fsp3) is 0.615. The number of rotatable bonds is 50. The predicted octanol–water partition coefficient (Wildman–Crippen LogP) is 19.4. The summed E-state index contributed by atoms with van der Waals surface area (Å²) in [6.45, 7) is 6.32. The number of hydrogen-bond donors (Lipinski definition) is 0. The number of esters is 3. The van der Waals surface area contributed by atoms with Gasteiger partial charge in [-0.1, -0.05) is 225 Å². The topological polar surface area (TPSA) is 78.9 Å². The fourth-order valence-corrected chi connectivity index (χ4v) is 7.36. The fourth-order valence-electron chi connectivity index (χ4n) is 7.36. The zero-order chi connectivity index (χ0) is 51.4. The molecule has 400 valence electrons. The van der Waals surface area contributed by atoms with Crippen molar-refractivity contribution in [1.29, 1.82) is 0 Å². The average molecular weight is 982 g/mol. The quantitative estimate of drug-likeness (QED) is 0.0262. The highest BCUT2D eigenvalue weighted by atomic mass is 16.6. The maximum absolute atomic E-state index is 12.8. The maximum atomic E-state index is 12.8. The summed E-state index contributed by atoms with van der Waals surface area (Å²) in [6.07, 6.45) is 81.6. The van der Waals surface area contributed by atoms with Crippen LogP contribution in [0.2, 0.25) is 0 Å². The summed E-state index contributed by atoms with van der Waals surface area (Å²) in [7, 11) is 0. The molecule has 0 rings (SSSR count). The lowest BCUT2D eigenvalue weighted by Gasteiger charge is -2.18. The molecule has 0 aromatic rings. The normalized spacial score (nSPS) is 13.1. The number of allylic oxidation sites excluding steroid dienone is 22. The zero-order valence-electron chi connectivity index (χ0n) is 45.7. The van der Waals surface area contributed by atoms with Crippen molar-refractivity contribution in [2.45, 2.75) is 245 Å². The molecule has 1 unspecified atom stereocenters. The maximum Gasteiger partial charge on any atom is 0.306 e. The van der Waals surface area contributed by atoms with Crippen molar-refractivity contribution in [2.75, 3.05) is 13.2 Å². The molecule has 0 fully saturated rings. The molecule has 0 aromatic heterocycles. The molecular weight excluding hydrogens is 877 g/mol. The van der Waals surface area contributed by atoms with Crippen LogP contribution in [-0.4, -0.2) is 37.2 Å². The van der Waals surface area contributed by atoms with Crippen molar-refractivity contribution in [2.24, 2.45) is 0 Å². The van der Waals surface area contributed by atoms with E-state index in [-0.39, 0.29) is 31.1 Å². The Hall–Kier alpha value is -4.45. The van der Waals surface area contributed by atoms with Gasteiger partial charge in [0.25, 0.3) is 0 Å². The number of unbranched alkanes of at least 4 members (excludes halogenated alkanes) is 17. The third-order valence-electron chi connectivity index (χ3n) is 11.6. The molecule has 6 heteroatoms. The summed E-state index contributed by atoms with van der Waals surface area (Å²) < 4.78 is 16.8. The first-order valence-corrected chi connectivity index (χ1v) is 28.7. The molecule has 0 spiro atoms. The van der Waals surface area contributed by atoms with Gasteiger partial charge in [0.15, 0.2) is 6.10 Å². The third kappa shape index (κ3) is 56.3. The Kier molecular flexibility index (Phi) is 54.5. The van der Waals surface area contributed by atoms with Crippen molar-refractivity contribution < 1.29 is 28.6 Å². The summed E-state index contributed by atoms with van der Waals surface area (Å²) >= 11 is 0. The molecule has 0 N–H and O–H groups in total. The van der Waals surface area contributed by atoms with Crippen LogP contribution in [0.4, 0.5) is 0 Å². The number of ether oxygens (including phenoxy) is 3. The van der Waals surface area contributed by atoms with Crippen molar-refractivity contribution in [3.63, 3.8) is 0 Å². The van der Waals surface area contributed by atoms with Gasteiger partial charge in [-0.3, -0.25) is 14.4 Å². The largest absolute Gasteiger partial charge is 0.462 e. The van der Waals surface area contributed by atoms with E-state index in [2.05, 4.69) is 154 Å². The van der Waals surface area contributed by atoms with Gasteiger partial charge >= 0.3 is 17.9 Å². The summed E-state index contributed by atoms with van der Waals surface area (Å²) in [5.74, 6) is -0.952. The van der Waals surface area contributed by atoms with Crippen LogP contribution in [0.3, 0.4) is 0 Å². The first-order chi connectivity index (χ1) is 35.0. The Morgan fingerprint density at radius 2 is 0.549 bits per heavy atom. The third-order valence-corrected chi connectivity index (χ3v) is 11.6. The monoisotopic (exact) mass is 981 g/mol. The van der Waals surface area contributed by atoms with Crippen molar-refractivity contribution in [3.05, 3.63) is 134 Å². The van der Waals surface area contributed by atoms with Crippen LogP contribution < -0.4 is 0 Å². The van der Waals surface area contributed by atoms with Gasteiger partial charge in [0.2, 0.25) is 0 Å². The molecular formula is C65H104O6. The molecule has 0 aromatic carbocycles. The second-order valence-corrected chi connectivity index (χ2v) is 18.4. The second-order valence-electron chi connectivity index (χ2n) is 18.4. The SMILES string of the molecule is CC/C=C\C/C=C\C/C=C\C/C=C\C/C=C\C/C=C\C/C=C\CCCCCCCC(=O)OCC(COC(=O)CCCCCCC/C=C\CCCC)OC(=O)CCCCCCC/C=C\C/C=C\C/C=C\CC. The van der Waals surface area contributed by atoms with Crippen molar-refractivity contribution in [1.82, 2.24) is 0 Å². The lowest BCUT2D eigenvalue weighted by molar-refractivity contribution is -0.167. The first-order valence-electron chi connectivity index (χ1n) is 28.7. The van der Waals surface area contributed by atoms with Gasteiger partial charge in [-0.05, 0) is 128 Å². The molecule has 6 nitrogen and oxygen atoms in total. The van der Waals surface area contributed by atoms with Crippen LogP contribution in [0.25, 0.3) is 0 Å². The molecule has 0 aliphatic carbocycles. The second kappa shape index (κ2) is 58.1. The molecule has 1 atom stereocenters. The predicted molar refractivity (Wildman–Crippen MR) is 306 cm³/mol. The van der Waals surface area contributed by atoms with Gasteiger partial charge in [-0.2, -0.15) is 0 Å². The van der Waals surface area contributed by atoms with Gasteiger partial charge in [0.1, 0.15) is 13.2 Å². The van der Waals surface area contributed by atoms with Crippen LogP contribution in [0.1, 0.15) is 239 Å². The van der Waals surface area contributed by atoms with E-state index >= 15 is 0 Å². The molecule has 0 saturated carbocycles. The Labute approximate surface area is 436 Å². The van der Waals surface area contributed by atoms with Gasteiger partial charge in [-0.15, -0.1) is 0 Å². The molecule has 0 aliphatic rings. The van der Waals surface area contributed by atoms with E-state index in [0.29, 0.717) is 19.3 Å². The van der Waals surface area contributed by atoms with Gasteiger partial charge < -0.3 is 14.2 Å². The first kappa shape index (κ1) is 66.6.